The Hall–Kier alpha value is -1.71. The molecule has 0 bridgehead atoms. The van der Waals surface area contributed by atoms with E-state index in [-0.39, 0.29) is 17.8 Å². The van der Waals surface area contributed by atoms with E-state index in [0.29, 0.717) is 0 Å². The molecule has 0 aromatic heterocycles. The Bertz CT molecular complexity index is 672. The summed E-state index contributed by atoms with van der Waals surface area (Å²) in [6.45, 7) is 8.86. The molecule has 0 N–H and O–H groups in total. The summed E-state index contributed by atoms with van der Waals surface area (Å²) < 4.78 is 6.90. The summed E-state index contributed by atoms with van der Waals surface area (Å²) in [7, 11) is -1.81. The third kappa shape index (κ3) is 5.63. The first kappa shape index (κ1) is 21.6. The molecule has 2 nitrogen and oxygen atoms in total. The molecule has 146 valence electrons. The van der Waals surface area contributed by atoms with Crippen molar-refractivity contribution >= 4 is 14.1 Å². The first-order valence-electron chi connectivity index (χ1n) is 10.4. The summed E-state index contributed by atoms with van der Waals surface area (Å²) >= 11 is 0. The van der Waals surface area contributed by atoms with Crippen molar-refractivity contribution in [1.29, 1.82) is 0 Å². The van der Waals surface area contributed by atoms with Gasteiger partial charge in [-0.3, -0.25) is 4.79 Å². The second-order valence-electron chi connectivity index (χ2n) is 7.33. The Morgan fingerprint density at radius 1 is 0.852 bits per heavy atom. The molecule has 0 radical (unpaired) electrons. The van der Waals surface area contributed by atoms with Gasteiger partial charge in [-0.05, 0) is 36.5 Å². The van der Waals surface area contributed by atoms with E-state index in [2.05, 4.69) is 52.0 Å². The lowest BCUT2D eigenvalue weighted by Gasteiger charge is -2.36. The van der Waals surface area contributed by atoms with Crippen molar-refractivity contribution < 1.29 is 9.22 Å². The lowest BCUT2D eigenvalue weighted by molar-refractivity contribution is 0.0708. The summed E-state index contributed by atoms with van der Waals surface area (Å²) in [5, 5.41) is 0. The third-order valence-electron chi connectivity index (χ3n) is 5.90. The van der Waals surface area contributed by atoms with Crippen molar-refractivity contribution in [3.05, 3.63) is 71.8 Å². The zero-order valence-corrected chi connectivity index (χ0v) is 18.3. The van der Waals surface area contributed by atoms with Crippen molar-refractivity contribution in [2.75, 3.05) is 0 Å². The van der Waals surface area contributed by atoms with E-state index in [4.69, 9.17) is 4.43 Å². The number of hydrogen-bond donors (Lipinski definition) is 0. The molecule has 2 rings (SSSR count). The second kappa shape index (κ2) is 10.6. The monoisotopic (exact) mass is 382 g/mol. The summed E-state index contributed by atoms with van der Waals surface area (Å²) in [4.78, 5) is 13.3. The molecule has 0 aliphatic carbocycles. The van der Waals surface area contributed by atoms with Crippen LogP contribution in [0, 0.1) is 5.92 Å². The van der Waals surface area contributed by atoms with Crippen molar-refractivity contribution in [2.45, 2.75) is 64.8 Å². The van der Waals surface area contributed by atoms with Crippen LogP contribution in [0.2, 0.25) is 18.1 Å². The number of rotatable bonds is 11. The van der Waals surface area contributed by atoms with Gasteiger partial charge in [0.15, 0.2) is 14.1 Å². The number of carbonyl (C=O) groups is 1. The first-order valence-corrected chi connectivity index (χ1v) is 12.9. The van der Waals surface area contributed by atoms with Gasteiger partial charge in [0.05, 0.1) is 6.10 Å². The van der Waals surface area contributed by atoms with Gasteiger partial charge in [0.2, 0.25) is 0 Å². The zero-order valence-electron chi connectivity index (χ0n) is 17.3. The molecule has 2 aromatic rings. The van der Waals surface area contributed by atoms with Crippen LogP contribution in [0.4, 0.5) is 0 Å². The van der Waals surface area contributed by atoms with Crippen LogP contribution in [-0.4, -0.2) is 20.2 Å². The number of carbonyl (C=O) groups excluding carboxylic acids is 1. The van der Waals surface area contributed by atoms with Crippen LogP contribution < -0.4 is 0 Å². The molecule has 0 saturated carbocycles. The molecule has 0 amide bonds. The summed E-state index contributed by atoms with van der Waals surface area (Å²) in [5.74, 6) is 0.106. The Kier molecular flexibility index (Phi) is 8.46. The van der Waals surface area contributed by atoms with Crippen molar-refractivity contribution in [1.82, 2.24) is 0 Å². The Labute approximate surface area is 166 Å². The molecule has 0 fully saturated rings. The molecule has 27 heavy (non-hydrogen) atoms. The van der Waals surface area contributed by atoms with Gasteiger partial charge in [0, 0.05) is 11.5 Å². The third-order valence-corrected chi connectivity index (χ3v) is 10.6. The molecule has 2 aromatic carbocycles. The molecular formula is C24H34O2Si. The van der Waals surface area contributed by atoms with Gasteiger partial charge in [0.1, 0.15) is 0 Å². The summed E-state index contributed by atoms with van der Waals surface area (Å²) in [6, 6.07) is 23.4. The lowest BCUT2D eigenvalue weighted by atomic mass is 9.87. The van der Waals surface area contributed by atoms with E-state index in [9.17, 15) is 4.79 Å². The average molecular weight is 383 g/mol. The molecule has 0 unspecified atom stereocenters. The highest BCUT2D eigenvalue weighted by atomic mass is 28.4. The van der Waals surface area contributed by atoms with Gasteiger partial charge >= 0.3 is 0 Å². The van der Waals surface area contributed by atoms with Crippen LogP contribution in [-0.2, 0) is 10.8 Å². The highest BCUT2D eigenvalue weighted by Gasteiger charge is 2.37. The molecular weight excluding hydrogens is 348 g/mol. The van der Waals surface area contributed by atoms with Crippen LogP contribution in [0.3, 0.4) is 0 Å². The fraction of sp³-hybridized carbons (Fsp3) is 0.458. The Morgan fingerprint density at radius 2 is 1.37 bits per heavy atom. The summed E-state index contributed by atoms with van der Waals surface area (Å²) in [5.41, 5.74) is 2.04. The molecule has 0 aliphatic rings. The van der Waals surface area contributed by atoms with Crippen molar-refractivity contribution in [3.8, 4) is 0 Å². The minimum absolute atomic E-state index is 0.0587. The Morgan fingerprint density at radius 3 is 1.85 bits per heavy atom. The Balaban J connectivity index is 2.35. The van der Waals surface area contributed by atoms with E-state index >= 15 is 0 Å². The van der Waals surface area contributed by atoms with Gasteiger partial charge in [-0.15, -0.1) is 0 Å². The SMILES string of the molecule is CC[C@H](C(=O)c1ccccc1)[C@@H](Cc1ccccc1)O[Si](CC)(CC)CC. The number of ketones is 1. The predicted molar refractivity (Wildman–Crippen MR) is 117 cm³/mol. The fourth-order valence-corrected chi connectivity index (χ4v) is 6.76. The van der Waals surface area contributed by atoms with Crippen LogP contribution in [0.1, 0.15) is 50.0 Å². The first-order chi connectivity index (χ1) is 13.1. The standard InChI is InChI=1S/C24H34O2Si/c1-5-22(24(25)21-17-13-10-14-18-21)23(19-20-15-11-9-12-16-20)26-27(6-2,7-3)8-4/h9-18,22-23H,5-8,19H2,1-4H3/t22-,23+/m0/s1. The van der Waals surface area contributed by atoms with Crippen LogP contribution >= 0.6 is 0 Å². The highest BCUT2D eigenvalue weighted by Crippen LogP contribution is 2.30. The smallest absolute Gasteiger partial charge is 0.192 e. The minimum atomic E-state index is -1.81. The van der Waals surface area contributed by atoms with Gasteiger partial charge in [-0.1, -0.05) is 88.4 Å². The molecule has 0 saturated heterocycles. The van der Waals surface area contributed by atoms with Gasteiger partial charge < -0.3 is 4.43 Å². The molecule has 3 heteroatoms. The van der Waals surface area contributed by atoms with Crippen molar-refractivity contribution in [2.24, 2.45) is 5.92 Å². The minimum Gasteiger partial charge on any atom is -0.413 e. The fourth-order valence-electron chi connectivity index (χ4n) is 3.87. The van der Waals surface area contributed by atoms with E-state index in [0.717, 1.165) is 36.5 Å². The van der Waals surface area contributed by atoms with Crippen LogP contribution in [0.15, 0.2) is 60.7 Å². The predicted octanol–water partition coefficient (Wildman–Crippen LogP) is 6.53. The quantitative estimate of drug-likeness (QED) is 0.326. The normalized spacial score (nSPS) is 13.9. The van der Waals surface area contributed by atoms with E-state index in [1.54, 1.807) is 0 Å². The second-order valence-corrected chi connectivity index (χ2v) is 12.1. The van der Waals surface area contributed by atoms with Crippen molar-refractivity contribution in [3.63, 3.8) is 0 Å². The highest BCUT2D eigenvalue weighted by molar-refractivity contribution is 6.73. The number of benzene rings is 2. The topological polar surface area (TPSA) is 26.3 Å². The maximum atomic E-state index is 13.3. The maximum absolute atomic E-state index is 13.3. The van der Waals surface area contributed by atoms with Gasteiger partial charge in [0.25, 0.3) is 0 Å². The summed E-state index contributed by atoms with van der Waals surface area (Å²) in [6.07, 6.45) is 1.54. The van der Waals surface area contributed by atoms with Crippen LogP contribution in [0.5, 0.6) is 0 Å². The van der Waals surface area contributed by atoms with E-state index in [1.165, 1.54) is 5.56 Å². The van der Waals surface area contributed by atoms with E-state index < -0.39 is 8.32 Å². The molecule has 0 spiro atoms. The number of hydrogen-bond acceptors (Lipinski definition) is 2. The molecule has 2 atom stereocenters. The number of Topliss-reactive ketones (excluding diaryl/α,β-unsaturated/α-hetero) is 1. The molecule has 0 heterocycles. The van der Waals surface area contributed by atoms with Crippen LogP contribution in [0.25, 0.3) is 0 Å². The van der Waals surface area contributed by atoms with Gasteiger partial charge in [-0.2, -0.15) is 0 Å². The van der Waals surface area contributed by atoms with E-state index in [1.807, 2.05) is 36.4 Å². The average Bonchev–Trinajstić information content (AvgIpc) is 2.73. The lowest BCUT2D eigenvalue weighted by Crippen LogP contribution is -2.45. The zero-order chi connectivity index (χ0) is 19.7. The maximum Gasteiger partial charge on any atom is 0.192 e. The largest absolute Gasteiger partial charge is 0.413 e. The molecule has 0 aliphatic heterocycles. The van der Waals surface area contributed by atoms with Gasteiger partial charge in [-0.25, -0.2) is 0 Å².